The SMILES string of the molecule is CNC(c1ccc(Cl)c(Cl)c1)C(C)(C)N. The number of nitrogens with one attached hydrogen (secondary N) is 1. The van der Waals surface area contributed by atoms with Crippen molar-refractivity contribution in [1.29, 1.82) is 0 Å². The molecular weight excluding hydrogens is 231 g/mol. The summed E-state index contributed by atoms with van der Waals surface area (Å²) in [7, 11) is 1.88. The van der Waals surface area contributed by atoms with E-state index in [1.807, 2.05) is 33.0 Å². The van der Waals surface area contributed by atoms with E-state index < -0.39 is 0 Å². The Bertz CT molecular complexity index is 345. The summed E-state index contributed by atoms with van der Waals surface area (Å²) >= 11 is 11.8. The minimum Gasteiger partial charge on any atom is -0.324 e. The summed E-state index contributed by atoms with van der Waals surface area (Å²) in [5.41, 5.74) is 6.76. The van der Waals surface area contributed by atoms with Crippen LogP contribution < -0.4 is 11.1 Å². The lowest BCUT2D eigenvalue weighted by Crippen LogP contribution is -2.45. The van der Waals surface area contributed by atoms with E-state index in [4.69, 9.17) is 28.9 Å². The molecule has 84 valence electrons. The summed E-state index contributed by atoms with van der Waals surface area (Å²) in [5, 5.41) is 4.29. The number of halogens is 2. The predicted octanol–water partition coefficient (Wildman–Crippen LogP) is 2.99. The smallest absolute Gasteiger partial charge is 0.0595 e. The van der Waals surface area contributed by atoms with Crippen LogP contribution in [-0.2, 0) is 0 Å². The lowest BCUT2D eigenvalue weighted by molar-refractivity contribution is 0.370. The van der Waals surface area contributed by atoms with Crippen molar-refractivity contribution in [3.63, 3.8) is 0 Å². The summed E-state index contributed by atoms with van der Waals surface area (Å²) in [5.74, 6) is 0. The first-order chi connectivity index (χ1) is 6.86. The van der Waals surface area contributed by atoms with Crippen LogP contribution in [0.15, 0.2) is 18.2 Å². The molecule has 0 amide bonds. The van der Waals surface area contributed by atoms with Crippen molar-refractivity contribution in [3.05, 3.63) is 33.8 Å². The quantitative estimate of drug-likeness (QED) is 0.861. The number of hydrogen-bond acceptors (Lipinski definition) is 2. The first kappa shape index (κ1) is 12.8. The van der Waals surface area contributed by atoms with Gasteiger partial charge in [-0.25, -0.2) is 0 Å². The number of benzene rings is 1. The highest BCUT2D eigenvalue weighted by Crippen LogP contribution is 2.29. The molecule has 1 aromatic rings. The highest BCUT2D eigenvalue weighted by molar-refractivity contribution is 6.42. The predicted molar refractivity (Wildman–Crippen MR) is 66.5 cm³/mol. The van der Waals surface area contributed by atoms with E-state index in [0.717, 1.165) is 5.56 Å². The summed E-state index contributed by atoms with van der Waals surface area (Å²) in [6.45, 7) is 3.94. The van der Waals surface area contributed by atoms with Crippen LogP contribution in [0.3, 0.4) is 0 Å². The fourth-order valence-corrected chi connectivity index (χ4v) is 1.97. The van der Waals surface area contributed by atoms with Crippen molar-refractivity contribution in [2.75, 3.05) is 7.05 Å². The zero-order valence-electron chi connectivity index (χ0n) is 9.14. The molecule has 0 fully saturated rings. The molecule has 1 rings (SSSR count). The summed E-state index contributed by atoms with van der Waals surface area (Å²) in [6, 6.07) is 5.62. The van der Waals surface area contributed by atoms with Crippen LogP contribution in [0.2, 0.25) is 10.0 Å². The summed E-state index contributed by atoms with van der Waals surface area (Å²) in [4.78, 5) is 0. The van der Waals surface area contributed by atoms with E-state index in [9.17, 15) is 0 Å². The Kier molecular flexibility index (Phi) is 4.01. The first-order valence-corrected chi connectivity index (χ1v) is 5.53. The Hall–Kier alpha value is -0.280. The maximum Gasteiger partial charge on any atom is 0.0595 e. The van der Waals surface area contributed by atoms with E-state index in [1.165, 1.54) is 0 Å². The molecule has 0 aliphatic carbocycles. The zero-order valence-corrected chi connectivity index (χ0v) is 10.7. The summed E-state index contributed by atoms with van der Waals surface area (Å²) in [6.07, 6.45) is 0. The van der Waals surface area contributed by atoms with Crippen molar-refractivity contribution < 1.29 is 0 Å². The molecular formula is C11H16Cl2N2. The van der Waals surface area contributed by atoms with Crippen LogP contribution in [0.25, 0.3) is 0 Å². The molecule has 2 nitrogen and oxygen atoms in total. The highest BCUT2D eigenvalue weighted by atomic mass is 35.5. The molecule has 0 aliphatic rings. The van der Waals surface area contributed by atoms with Crippen molar-refractivity contribution in [1.82, 2.24) is 5.32 Å². The van der Waals surface area contributed by atoms with Gasteiger partial charge in [-0.05, 0) is 38.6 Å². The number of hydrogen-bond donors (Lipinski definition) is 2. The average Bonchev–Trinajstić information content (AvgIpc) is 2.10. The minimum absolute atomic E-state index is 0.0484. The molecule has 0 saturated carbocycles. The standard InChI is InChI=1S/C11H16Cl2N2/c1-11(2,14)10(15-3)7-4-5-8(12)9(13)6-7/h4-6,10,15H,14H2,1-3H3. The first-order valence-electron chi connectivity index (χ1n) is 4.77. The molecule has 1 aromatic carbocycles. The van der Waals surface area contributed by atoms with Gasteiger partial charge in [0.15, 0.2) is 0 Å². The van der Waals surface area contributed by atoms with Gasteiger partial charge in [0.25, 0.3) is 0 Å². The topological polar surface area (TPSA) is 38.0 Å². The van der Waals surface area contributed by atoms with Crippen LogP contribution in [0.5, 0.6) is 0 Å². The van der Waals surface area contributed by atoms with Crippen LogP contribution >= 0.6 is 23.2 Å². The molecule has 3 N–H and O–H groups in total. The normalized spacial score (nSPS) is 14.0. The van der Waals surface area contributed by atoms with E-state index in [-0.39, 0.29) is 11.6 Å². The van der Waals surface area contributed by atoms with E-state index >= 15 is 0 Å². The van der Waals surface area contributed by atoms with Crippen molar-refractivity contribution >= 4 is 23.2 Å². The third-order valence-electron chi connectivity index (χ3n) is 2.31. The van der Waals surface area contributed by atoms with Crippen LogP contribution in [-0.4, -0.2) is 12.6 Å². The highest BCUT2D eigenvalue weighted by Gasteiger charge is 2.25. The van der Waals surface area contributed by atoms with Gasteiger partial charge in [-0.15, -0.1) is 0 Å². The molecule has 1 unspecified atom stereocenters. The monoisotopic (exact) mass is 246 g/mol. The van der Waals surface area contributed by atoms with Crippen molar-refractivity contribution in [3.8, 4) is 0 Å². The van der Waals surface area contributed by atoms with Crippen molar-refractivity contribution in [2.24, 2.45) is 5.73 Å². The van der Waals surface area contributed by atoms with E-state index in [0.29, 0.717) is 10.0 Å². The van der Waals surface area contributed by atoms with Gasteiger partial charge in [-0.3, -0.25) is 0 Å². The van der Waals surface area contributed by atoms with Crippen LogP contribution in [0.1, 0.15) is 25.5 Å². The van der Waals surface area contributed by atoms with E-state index in [2.05, 4.69) is 5.32 Å². The third kappa shape index (κ3) is 3.08. The number of likely N-dealkylation sites (N-methyl/N-ethyl adjacent to an activating group) is 1. The Labute approximate surface area is 101 Å². The molecule has 4 heteroatoms. The second kappa shape index (κ2) is 4.71. The Balaban J connectivity index is 3.08. The van der Waals surface area contributed by atoms with Gasteiger partial charge in [0.2, 0.25) is 0 Å². The second-order valence-electron chi connectivity index (χ2n) is 4.22. The van der Waals surface area contributed by atoms with Gasteiger partial charge in [0, 0.05) is 11.6 Å². The Morgan fingerprint density at radius 1 is 1.27 bits per heavy atom. The largest absolute Gasteiger partial charge is 0.324 e. The zero-order chi connectivity index (χ0) is 11.6. The molecule has 0 saturated heterocycles. The molecule has 0 bridgehead atoms. The molecule has 0 spiro atoms. The Morgan fingerprint density at radius 3 is 2.27 bits per heavy atom. The van der Waals surface area contributed by atoms with Gasteiger partial charge >= 0.3 is 0 Å². The average molecular weight is 247 g/mol. The van der Waals surface area contributed by atoms with Gasteiger partial charge < -0.3 is 11.1 Å². The molecule has 0 aliphatic heterocycles. The van der Waals surface area contributed by atoms with Gasteiger partial charge in [0.05, 0.1) is 10.0 Å². The molecule has 0 radical (unpaired) electrons. The molecule has 0 heterocycles. The second-order valence-corrected chi connectivity index (χ2v) is 5.03. The van der Waals surface area contributed by atoms with Crippen LogP contribution in [0.4, 0.5) is 0 Å². The fraction of sp³-hybridized carbons (Fsp3) is 0.455. The van der Waals surface area contributed by atoms with Crippen LogP contribution in [0, 0.1) is 0 Å². The number of rotatable bonds is 3. The maximum absolute atomic E-state index is 6.07. The molecule has 15 heavy (non-hydrogen) atoms. The minimum atomic E-state index is -0.355. The lowest BCUT2D eigenvalue weighted by atomic mass is 9.90. The Morgan fingerprint density at radius 2 is 1.87 bits per heavy atom. The number of nitrogens with two attached hydrogens (primary N) is 1. The third-order valence-corrected chi connectivity index (χ3v) is 3.05. The van der Waals surface area contributed by atoms with Gasteiger partial charge in [0.1, 0.15) is 0 Å². The lowest BCUT2D eigenvalue weighted by Gasteiger charge is -2.30. The van der Waals surface area contributed by atoms with Gasteiger partial charge in [-0.1, -0.05) is 29.3 Å². The van der Waals surface area contributed by atoms with E-state index in [1.54, 1.807) is 6.07 Å². The molecule has 0 aromatic heterocycles. The maximum atomic E-state index is 6.07. The fourth-order valence-electron chi connectivity index (χ4n) is 1.66. The summed E-state index contributed by atoms with van der Waals surface area (Å²) < 4.78 is 0. The molecule has 1 atom stereocenters. The van der Waals surface area contributed by atoms with Gasteiger partial charge in [-0.2, -0.15) is 0 Å². The van der Waals surface area contributed by atoms with Crippen molar-refractivity contribution in [2.45, 2.75) is 25.4 Å².